The molecule has 2 amide bonds. The number of benzene rings is 2. The van der Waals surface area contributed by atoms with Crippen LogP contribution in [0.1, 0.15) is 33.2 Å². The van der Waals surface area contributed by atoms with E-state index in [1.807, 2.05) is 23.9 Å². The minimum atomic E-state index is -0.256. The predicted molar refractivity (Wildman–Crippen MR) is 111 cm³/mol. The lowest BCUT2D eigenvalue weighted by Crippen LogP contribution is -2.30. The van der Waals surface area contributed by atoms with Crippen LogP contribution >= 0.6 is 24.2 Å². The second-order valence-corrected chi connectivity index (χ2v) is 6.65. The highest BCUT2D eigenvalue weighted by atomic mass is 35.5. The third-order valence-corrected chi connectivity index (χ3v) is 4.48. The molecule has 0 unspecified atom stereocenters. The van der Waals surface area contributed by atoms with Crippen molar-refractivity contribution in [3.8, 4) is 0 Å². The number of halogens is 1. The molecule has 0 bridgehead atoms. The Morgan fingerprint density at radius 3 is 2.38 bits per heavy atom. The van der Waals surface area contributed by atoms with E-state index in [-0.39, 0.29) is 24.2 Å². The van der Waals surface area contributed by atoms with Crippen molar-refractivity contribution in [3.05, 3.63) is 65.2 Å². The van der Waals surface area contributed by atoms with E-state index in [9.17, 15) is 9.59 Å². The second-order valence-electron chi connectivity index (χ2n) is 5.38. The Balaban J connectivity index is 0.00000338. The van der Waals surface area contributed by atoms with Gasteiger partial charge < -0.3 is 16.4 Å². The number of hydrogen-bond donors (Lipinski definition) is 3. The topological polar surface area (TPSA) is 84.2 Å². The van der Waals surface area contributed by atoms with Gasteiger partial charge in [-0.25, -0.2) is 0 Å². The summed E-state index contributed by atoms with van der Waals surface area (Å²) >= 11 is 1.84. The van der Waals surface area contributed by atoms with Gasteiger partial charge in [-0.15, -0.1) is 12.4 Å². The first-order valence-corrected chi connectivity index (χ1v) is 9.36. The lowest BCUT2D eigenvalue weighted by Gasteiger charge is -2.11. The predicted octanol–water partition coefficient (Wildman–Crippen LogP) is 3.30. The zero-order valence-electron chi connectivity index (χ0n) is 14.7. The molecular formula is C19H24ClN3O2S. The van der Waals surface area contributed by atoms with Crippen molar-refractivity contribution in [2.45, 2.75) is 12.7 Å². The van der Waals surface area contributed by atoms with Crippen LogP contribution in [0, 0.1) is 0 Å². The Hall–Kier alpha value is -2.02. The van der Waals surface area contributed by atoms with Gasteiger partial charge in [0.15, 0.2) is 0 Å². The molecule has 5 nitrogen and oxygen atoms in total. The Labute approximate surface area is 164 Å². The van der Waals surface area contributed by atoms with Crippen molar-refractivity contribution in [2.24, 2.45) is 5.73 Å². The molecule has 0 aliphatic heterocycles. The quantitative estimate of drug-likeness (QED) is 0.642. The molecule has 0 heterocycles. The summed E-state index contributed by atoms with van der Waals surface area (Å²) in [6.07, 6.45) is 0. The molecule has 4 N–H and O–H groups in total. The number of carbonyl (C=O) groups is 2. The van der Waals surface area contributed by atoms with E-state index in [0.29, 0.717) is 29.9 Å². The van der Waals surface area contributed by atoms with Crippen LogP contribution in [0.5, 0.6) is 0 Å². The number of thioether (sulfide) groups is 1. The molecule has 0 atom stereocenters. The van der Waals surface area contributed by atoms with Crippen LogP contribution in [0.3, 0.4) is 0 Å². The molecule has 2 aromatic rings. The fraction of sp³-hybridized carbons (Fsp3) is 0.263. The minimum Gasteiger partial charge on any atom is -0.351 e. The van der Waals surface area contributed by atoms with Crippen LogP contribution in [-0.2, 0) is 5.75 Å². The molecule has 0 spiro atoms. The zero-order valence-corrected chi connectivity index (χ0v) is 16.3. The minimum absolute atomic E-state index is 0. The largest absolute Gasteiger partial charge is 0.351 e. The summed E-state index contributed by atoms with van der Waals surface area (Å²) < 4.78 is 0. The van der Waals surface area contributed by atoms with Crippen LogP contribution in [0.15, 0.2) is 48.5 Å². The molecule has 0 fully saturated rings. The third kappa shape index (κ3) is 6.37. The Morgan fingerprint density at radius 1 is 1.04 bits per heavy atom. The second kappa shape index (κ2) is 11.6. The lowest BCUT2D eigenvalue weighted by atomic mass is 10.1. The molecule has 0 aliphatic rings. The molecule has 0 saturated heterocycles. The first-order valence-electron chi connectivity index (χ1n) is 8.21. The van der Waals surface area contributed by atoms with Gasteiger partial charge in [-0.1, -0.05) is 31.2 Å². The van der Waals surface area contributed by atoms with Crippen LogP contribution < -0.4 is 16.4 Å². The summed E-state index contributed by atoms with van der Waals surface area (Å²) in [5, 5.41) is 5.52. The van der Waals surface area contributed by atoms with Crippen LogP contribution in [0.25, 0.3) is 0 Å². The normalized spacial score (nSPS) is 9.92. The number of nitrogens with one attached hydrogen (secondary N) is 2. The number of rotatable bonds is 8. The highest BCUT2D eigenvalue weighted by molar-refractivity contribution is 7.98. The number of nitrogens with two attached hydrogens (primary N) is 1. The van der Waals surface area contributed by atoms with Gasteiger partial charge in [-0.3, -0.25) is 9.59 Å². The smallest absolute Gasteiger partial charge is 0.255 e. The van der Waals surface area contributed by atoms with E-state index in [1.165, 1.54) is 5.56 Å². The van der Waals surface area contributed by atoms with E-state index in [2.05, 4.69) is 17.6 Å². The van der Waals surface area contributed by atoms with E-state index in [1.54, 1.807) is 36.4 Å². The van der Waals surface area contributed by atoms with Crippen molar-refractivity contribution >= 4 is 41.7 Å². The van der Waals surface area contributed by atoms with Crippen molar-refractivity contribution in [1.29, 1.82) is 0 Å². The lowest BCUT2D eigenvalue weighted by molar-refractivity contribution is 0.0955. The van der Waals surface area contributed by atoms with E-state index < -0.39 is 0 Å². The number of carbonyl (C=O) groups excluding carboxylic acids is 2. The molecule has 0 saturated carbocycles. The van der Waals surface area contributed by atoms with Crippen LogP contribution in [-0.4, -0.2) is 30.7 Å². The fourth-order valence-corrected chi connectivity index (χ4v) is 2.87. The van der Waals surface area contributed by atoms with E-state index in [4.69, 9.17) is 5.73 Å². The number of amides is 2. The molecule has 2 aromatic carbocycles. The van der Waals surface area contributed by atoms with Crippen molar-refractivity contribution in [3.63, 3.8) is 0 Å². The van der Waals surface area contributed by atoms with Gasteiger partial charge in [0, 0.05) is 24.4 Å². The summed E-state index contributed by atoms with van der Waals surface area (Å²) in [5.41, 5.74) is 8.05. The molecule has 0 aliphatic carbocycles. The van der Waals surface area contributed by atoms with Crippen LogP contribution in [0.2, 0.25) is 0 Å². The monoisotopic (exact) mass is 393 g/mol. The zero-order chi connectivity index (χ0) is 18.1. The average molecular weight is 394 g/mol. The van der Waals surface area contributed by atoms with E-state index in [0.717, 1.165) is 11.5 Å². The maximum atomic E-state index is 12.5. The first-order chi connectivity index (χ1) is 12.2. The molecule has 7 heteroatoms. The Bertz CT molecular complexity index is 723. The SMILES string of the molecule is CCSCc1ccc(C(=O)Nc2ccccc2C(=O)NCCN)cc1.Cl. The van der Waals surface area contributed by atoms with Gasteiger partial charge in [0.2, 0.25) is 0 Å². The standard InChI is InChI=1S/C19H23N3O2S.ClH/c1-2-25-13-14-7-9-15(10-8-14)18(23)22-17-6-4-3-5-16(17)19(24)21-12-11-20;/h3-10H,2,11-13,20H2,1H3,(H,21,24)(H,22,23);1H. The van der Waals surface area contributed by atoms with Crippen molar-refractivity contribution < 1.29 is 9.59 Å². The van der Waals surface area contributed by atoms with Crippen LogP contribution in [0.4, 0.5) is 5.69 Å². The average Bonchev–Trinajstić information content (AvgIpc) is 2.65. The van der Waals surface area contributed by atoms with Crippen molar-refractivity contribution in [2.75, 3.05) is 24.2 Å². The maximum absolute atomic E-state index is 12.5. The summed E-state index contributed by atoms with van der Waals surface area (Å²) in [7, 11) is 0. The molecule has 2 rings (SSSR count). The molecule has 26 heavy (non-hydrogen) atoms. The Kier molecular flexibility index (Phi) is 9.80. The summed E-state index contributed by atoms with van der Waals surface area (Å²) in [6, 6.07) is 14.4. The molecule has 0 radical (unpaired) electrons. The number of hydrogen-bond acceptors (Lipinski definition) is 4. The highest BCUT2D eigenvalue weighted by Crippen LogP contribution is 2.17. The van der Waals surface area contributed by atoms with Gasteiger partial charge in [0.05, 0.1) is 11.3 Å². The molecule has 140 valence electrons. The van der Waals surface area contributed by atoms with Crippen molar-refractivity contribution in [1.82, 2.24) is 5.32 Å². The van der Waals surface area contributed by atoms with E-state index >= 15 is 0 Å². The fourth-order valence-electron chi connectivity index (χ4n) is 2.24. The first kappa shape index (κ1) is 22.0. The maximum Gasteiger partial charge on any atom is 0.255 e. The van der Waals surface area contributed by atoms with Gasteiger partial charge in [-0.05, 0) is 35.6 Å². The summed E-state index contributed by atoms with van der Waals surface area (Å²) in [6.45, 7) is 2.87. The molecule has 0 aromatic heterocycles. The van der Waals surface area contributed by atoms with Gasteiger partial charge >= 0.3 is 0 Å². The van der Waals surface area contributed by atoms with Gasteiger partial charge in [0.25, 0.3) is 11.8 Å². The summed E-state index contributed by atoms with van der Waals surface area (Å²) in [4.78, 5) is 24.6. The summed E-state index contributed by atoms with van der Waals surface area (Å²) in [5.74, 6) is 1.50. The Morgan fingerprint density at radius 2 is 1.73 bits per heavy atom. The molecular weight excluding hydrogens is 370 g/mol. The number of anilines is 1. The highest BCUT2D eigenvalue weighted by Gasteiger charge is 2.13. The van der Waals surface area contributed by atoms with Gasteiger partial charge in [0.1, 0.15) is 0 Å². The number of para-hydroxylation sites is 1. The third-order valence-electron chi connectivity index (χ3n) is 3.54. The van der Waals surface area contributed by atoms with Gasteiger partial charge in [-0.2, -0.15) is 11.8 Å².